The van der Waals surface area contributed by atoms with Gasteiger partial charge in [0.15, 0.2) is 5.82 Å². The molecule has 0 saturated heterocycles. The van der Waals surface area contributed by atoms with Crippen LogP contribution >= 0.6 is 0 Å². The van der Waals surface area contributed by atoms with E-state index in [4.69, 9.17) is 5.26 Å². The summed E-state index contributed by atoms with van der Waals surface area (Å²) in [6.45, 7) is 1.72. The van der Waals surface area contributed by atoms with Crippen molar-refractivity contribution in [3.63, 3.8) is 0 Å². The molecule has 100 valence electrons. The Hall–Kier alpha value is -2.81. The summed E-state index contributed by atoms with van der Waals surface area (Å²) in [5.74, 6) is -3.44. The third-order valence-corrected chi connectivity index (χ3v) is 2.71. The molecule has 0 radical (unpaired) electrons. The second-order valence-electron chi connectivity index (χ2n) is 4.06. The topological polar surface area (TPSA) is 65.8 Å². The van der Waals surface area contributed by atoms with Crippen LogP contribution in [0, 0.1) is 30.0 Å². The lowest BCUT2D eigenvalue weighted by molar-refractivity contribution is 0.102. The lowest BCUT2D eigenvalue weighted by Crippen LogP contribution is -2.15. The first kappa shape index (κ1) is 13.6. The van der Waals surface area contributed by atoms with Crippen molar-refractivity contribution in [2.24, 2.45) is 0 Å². The predicted octanol–water partition coefficient (Wildman–Crippen LogP) is 2.79. The molecule has 1 N–H and O–H groups in total. The second kappa shape index (κ2) is 5.45. The highest BCUT2D eigenvalue weighted by Gasteiger charge is 2.16. The number of amides is 1. The van der Waals surface area contributed by atoms with Crippen molar-refractivity contribution >= 4 is 11.6 Å². The first-order valence-electron chi connectivity index (χ1n) is 5.65. The normalized spacial score (nSPS) is 9.90. The molecule has 0 unspecified atom stereocenters. The highest BCUT2D eigenvalue weighted by molar-refractivity contribution is 6.04. The maximum Gasteiger partial charge on any atom is 0.258 e. The Bertz CT molecular complexity index is 723. The molecule has 2 rings (SSSR count). The van der Waals surface area contributed by atoms with Gasteiger partial charge in [-0.3, -0.25) is 4.79 Å². The van der Waals surface area contributed by atoms with Gasteiger partial charge in [0.2, 0.25) is 5.95 Å². The maximum absolute atomic E-state index is 13.5. The maximum atomic E-state index is 13.5. The van der Waals surface area contributed by atoms with E-state index in [9.17, 15) is 13.6 Å². The fourth-order valence-corrected chi connectivity index (χ4v) is 1.61. The Morgan fingerprint density at radius 1 is 1.35 bits per heavy atom. The van der Waals surface area contributed by atoms with Gasteiger partial charge in [-0.05, 0) is 30.7 Å². The van der Waals surface area contributed by atoms with E-state index in [2.05, 4.69) is 10.3 Å². The van der Waals surface area contributed by atoms with E-state index in [-0.39, 0.29) is 0 Å². The third-order valence-electron chi connectivity index (χ3n) is 2.71. The highest BCUT2D eigenvalue weighted by Crippen LogP contribution is 2.18. The standard InChI is InChI=1S/C14H9F2N3O/c1-8-2-3-9(7-17)6-11(8)19-14(20)10-4-5-18-13(16)12(10)15/h2-6H,1H3,(H,19,20). The molecule has 0 spiro atoms. The van der Waals surface area contributed by atoms with Crippen molar-refractivity contribution in [2.75, 3.05) is 5.32 Å². The summed E-state index contributed by atoms with van der Waals surface area (Å²) >= 11 is 0. The number of rotatable bonds is 2. The monoisotopic (exact) mass is 273 g/mol. The molecule has 2 aromatic rings. The van der Waals surface area contributed by atoms with Crippen molar-refractivity contribution in [1.29, 1.82) is 5.26 Å². The van der Waals surface area contributed by atoms with Gasteiger partial charge >= 0.3 is 0 Å². The zero-order valence-corrected chi connectivity index (χ0v) is 10.4. The minimum absolute atomic E-state index is 0.354. The van der Waals surface area contributed by atoms with Crippen LogP contribution in [0.15, 0.2) is 30.5 Å². The summed E-state index contributed by atoms with van der Waals surface area (Å²) < 4.78 is 26.4. The summed E-state index contributed by atoms with van der Waals surface area (Å²) in [6.07, 6.45) is 1.01. The lowest BCUT2D eigenvalue weighted by atomic mass is 10.1. The van der Waals surface area contributed by atoms with E-state index in [0.29, 0.717) is 16.8 Å². The van der Waals surface area contributed by atoms with Crippen LogP contribution in [0.4, 0.5) is 14.5 Å². The summed E-state index contributed by atoms with van der Waals surface area (Å²) in [4.78, 5) is 15.0. The Kier molecular flexibility index (Phi) is 3.71. The number of nitriles is 1. The Morgan fingerprint density at radius 2 is 2.10 bits per heavy atom. The number of nitrogens with zero attached hydrogens (tertiary/aromatic N) is 2. The molecule has 0 atom stereocenters. The molecule has 1 amide bonds. The van der Waals surface area contributed by atoms with Crippen molar-refractivity contribution in [3.05, 3.63) is 58.9 Å². The molecule has 1 aromatic carbocycles. The van der Waals surface area contributed by atoms with E-state index in [1.165, 1.54) is 6.07 Å². The highest BCUT2D eigenvalue weighted by atomic mass is 19.2. The molecule has 0 saturated carbocycles. The molecule has 0 fully saturated rings. The fourth-order valence-electron chi connectivity index (χ4n) is 1.61. The molecule has 4 nitrogen and oxygen atoms in total. The van der Waals surface area contributed by atoms with Gasteiger partial charge in [0.1, 0.15) is 0 Å². The molecule has 20 heavy (non-hydrogen) atoms. The van der Waals surface area contributed by atoms with Crippen molar-refractivity contribution in [2.45, 2.75) is 6.92 Å². The van der Waals surface area contributed by atoms with Crippen LogP contribution in [0.2, 0.25) is 0 Å². The largest absolute Gasteiger partial charge is 0.322 e. The van der Waals surface area contributed by atoms with Gasteiger partial charge in [-0.25, -0.2) is 9.37 Å². The zero-order valence-electron chi connectivity index (χ0n) is 10.4. The summed E-state index contributed by atoms with van der Waals surface area (Å²) in [7, 11) is 0. The number of carbonyl (C=O) groups is 1. The summed E-state index contributed by atoms with van der Waals surface area (Å²) in [5, 5.41) is 11.2. The fraction of sp³-hybridized carbons (Fsp3) is 0.0714. The summed E-state index contributed by atoms with van der Waals surface area (Å²) in [6, 6.07) is 7.72. The molecule has 0 bridgehead atoms. The minimum atomic E-state index is -1.33. The van der Waals surface area contributed by atoms with Crippen molar-refractivity contribution in [3.8, 4) is 6.07 Å². The quantitative estimate of drug-likeness (QED) is 0.855. The number of halogens is 2. The van der Waals surface area contributed by atoms with Crippen LogP contribution in [0.5, 0.6) is 0 Å². The first-order chi connectivity index (χ1) is 9.52. The number of anilines is 1. The molecular formula is C14H9F2N3O. The minimum Gasteiger partial charge on any atom is -0.322 e. The van der Waals surface area contributed by atoms with E-state index in [1.54, 1.807) is 19.1 Å². The van der Waals surface area contributed by atoms with E-state index in [0.717, 1.165) is 12.3 Å². The molecule has 0 aliphatic rings. The average Bonchev–Trinajstić information content (AvgIpc) is 2.44. The zero-order chi connectivity index (χ0) is 14.7. The third kappa shape index (κ3) is 2.62. The number of hydrogen-bond acceptors (Lipinski definition) is 3. The van der Waals surface area contributed by atoms with Crippen LogP contribution in [-0.2, 0) is 0 Å². The van der Waals surface area contributed by atoms with Crippen LogP contribution in [0.3, 0.4) is 0 Å². The van der Waals surface area contributed by atoms with Crippen molar-refractivity contribution in [1.82, 2.24) is 4.98 Å². The predicted molar refractivity (Wildman–Crippen MR) is 68.0 cm³/mol. The number of benzene rings is 1. The van der Waals surface area contributed by atoms with Crippen molar-refractivity contribution < 1.29 is 13.6 Å². The van der Waals surface area contributed by atoms with Crippen LogP contribution in [0.25, 0.3) is 0 Å². The van der Waals surface area contributed by atoms with Gasteiger partial charge in [-0.15, -0.1) is 0 Å². The molecule has 1 heterocycles. The number of aromatic nitrogens is 1. The molecular weight excluding hydrogens is 264 g/mol. The van der Waals surface area contributed by atoms with Crippen LogP contribution in [-0.4, -0.2) is 10.9 Å². The first-order valence-corrected chi connectivity index (χ1v) is 5.65. The molecule has 0 aliphatic carbocycles. The Morgan fingerprint density at radius 3 is 2.80 bits per heavy atom. The van der Waals surface area contributed by atoms with Gasteiger partial charge in [0.05, 0.1) is 17.2 Å². The number of pyridine rings is 1. The van der Waals surface area contributed by atoms with Crippen LogP contribution in [0.1, 0.15) is 21.5 Å². The van der Waals surface area contributed by atoms with Gasteiger partial charge in [-0.1, -0.05) is 6.07 Å². The van der Waals surface area contributed by atoms with E-state index >= 15 is 0 Å². The van der Waals surface area contributed by atoms with E-state index < -0.39 is 23.2 Å². The molecule has 0 aliphatic heterocycles. The Labute approximate surface area is 113 Å². The molecule has 6 heteroatoms. The van der Waals surface area contributed by atoms with Gasteiger partial charge in [0.25, 0.3) is 5.91 Å². The number of hydrogen-bond donors (Lipinski definition) is 1. The SMILES string of the molecule is Cc1ccc(C#N)cc1NC(=O)c1ccnc(F)c1F. The number of carbonyl (C=O) groups excluding carboxylic acids is 1. The Balaban J connectivity index is 2.33. The van der Waals surface area contributed by atoms with Crippen LogP contribution < -0.4 is 5.32 Å². The average molecular weight is 273 g/mol. The van der Waals surface area contributed by atoms with Gasteiger partial charge in [-0.2, -0.15) is 9.65 Å². The lowest BCUT2D eigenvalue weighted by Gasteiger charge is -2.09. The number of aryl methyl sites for hydroxylation is 1. The summed E-state index contributed by atoms with van der Waals surface area (Å²) in [5.41, 5.74) is 0.976. The van der Waals surface area contributed by atoms with Gasteiger partial charge in [0, 0.05) is 11.9 Å². The smallest absolute Gasteiger partial charge is 0.258 e. The van der Waals surface area contributed by atoms with Gasteiger partial charge < -0.3 is 5.32 Å². The second-order valence-corrected chi connectivity index (χ2v) is 4.06. The number of nitrogens with one attached hydrogen (secondary N) is 1. The molecule has 1 aromatic heterocycles. The van der Waals surface area contributed by atoms with E-state index in [1.807, 2.05) is 6.07 Å².